The van der Waals surface area contributed by atoms with Crippen LogP contribution in [0.1, 0.15) is 31.2 Å². The molecular formula is C19H22N2O3. The van der Waals surface area contributed by atoms with Gasteiger partial charge in [-0.3, -0.25) is 19.3 Å². The molecule has 0 spiro atoms. The number of anilines is 1. The fourth-order valence-corrected chi connectivity index (χ4v) is 3.35. The van der Waals surface area contributed by atoms with Gasteiger partial charge in [-0.05, 0) is 38.3 Å². The Balaban J connectivity index is 1.48. The average Bonchev–Trinajstić information content (AvgIpc) is 2.82. The van der Waals surface area contributed by atoms with Crippen molar-refractivity contribution < 1.29 is 14.4 Å². The molecule has 0 unspecified atom stereocenters. The topological polar surface area (TPSA) is 66.5 Å². The Kier molecular flexibility index (Phi) is 4.79. The SMILES string of the molecule is Cc1ccc(NC(=O)CCCN2C(=O)[C@H]3CC=CC[C@@H]3C2=O)cc1. The summed E-state index contributed by atoms with van der Waals surface area (Å²) in [4.78, 5) is 38.0. The van der Waals surface area contributed by atoms with Gasteiger partial charge in [0.2, 0.25) is 17.7 Å². The van der Waals surface area contributed by atoms with Crippen molar-refractivity contribution in [3.05, 3.63) is 42.0 Å². The van der Waals surface area contributed by atoms with E-state index in [2.05, 4.69) is 5.32 Å². The molecule has 3 amide bonds. The summed E-state index contributed by atoms with van der Waals surface area (Å²) in [7, 11) is 0. The molecule has 1 aliphatic heterocycles. The summed E-state index contributed by atoms with van der Waals surface area (Å²) in [5, 5.41) is 2.83. The van der Waals surface area contributed by atoms with Gasteiger partial charge in [0.05, 0.1) is 11.8 Å². The lowest BCUT2D eigenvalue weighted by atomic mass is 9.85. The molecular weight excluding hydrogens is 304 g/mol. The fraction of sp³-hybridized carbons (Fsp3) is 0.421. The molecule has 3 rings (SSSR count). The quantitative estimate of drug-likeness (QED) is 0.668. The predicted molar refractivity (Wildman–Crippen MR) is 91.1 cm³/mol. The highest BCUT2D eigenvalue weighted by molar-refractivity contribution is 6.05. The number of likely N-dealkylation sites (tertiary alicyclic amines) is 1. The van der Waals surface area contributed by atoms with Crippen molar-refractivity contribution >= 4 is 23.4 Å². The van der Waals surface area contributed by atoms with Gasteiger partial charge in [-0.25, -0.2) is 0 Å². The van der Waals surface area contributed by atoms with E-state index in [4.69, 9.17) is 0 Å². The second-order valence-corrected chi connectivity index (χ2v) is 6.50. The van der Waals surface area contributed by atoms with Gasteiger partial charge in [0.15, 0.2) is 0 Å². The van der Waals surface area contributed by atoms with E-state index in [0.29, 0.717) is 32.2 Å². The molecule has 2 aliphatic rings. The summed E-state index contributed by atoms with van der Waals surface area (Å²) >= 11 is 0. The number of nitrogens with zero attached hydrogens (tertiary/aromatic N) is 1. The maximum absolute atomic E-state index is 12.3. The fourth-order valence-electron chi connectivity index (χ4n) is 3.35. The number of benzene rings is 1. The molecule has 2 atom stereocenters. The minimum Gasteiger partial charge on any atom is -0.326 e. The Bertz CT molecular complexity index is 652. The van der Waals surface area contributed by atoms with Crippen LogP contribution in [-0.2, 0) is 14.4 Å². The molecule has 0 saturated carbocycles. The molecule has 5 nitrogen and oxygen atoms in total. The van der Waals surface area contributed by atoms with E-state index in [1.54, 1.807) is 0 Å². The summed E-state index contributed by atoms with van der Waals surface area (Å²) in [5.74, 6) is -0.633. The summed E-state index contributed by atoms with van der Waals surface area (Å²) < 4.78 is 0. The van der Waals surface area contributed by atoms with Crippen molar-refractivity contribution in [1.29, 1.82) is 0 Å². The highest BCUT2D eigenvalue weighted by Gasteiger charge is 2.46. The van der Waals surface area contributed by atoms with Gasteiger partial charge in [0.1, 0.15) is 0 Å². The lowest BCUT2D eigenvalue weighted by Crippen LogP contribution is -2.32. The van der Waals surface area contributed by atoms with Crippen molar-refractivity contribution in [3.8, 4) is 0 Å². The molecule has 24 heavy (non-hydrogen) atoms. The van der Waals surface area contributed by atoms with Crippen LogP contribution >= 0.6 is 0 Å². The van der Waals surface area contributed by atoms with Crippen LogP contribution in [0, 0.1) is 18.8 Å². The molecule has 1 aromatic carbocycles. The number of aryl methyl sites for hydroxylation is 1. The third-order valence-corrected chi connectivity index (χ3v) is 4.72. The standard InChI is InChI=1S/C19H22N2O3/c1-13-8-10-14(11-9-13)20-17(22)7-4-12-21-18(23)15-5-2-3-6-16(15)19(21)24/h2-3,8-11,15-16H,4-7,12H2,1H3,(H,20,22)/t15-,16-/m0/s1. The van der Waals surface area contributed by atoms with Gasteiger partial charge in [0.25, 0.3) is 0 Å². The van der Waals surface area contributed by atoms with Gasteiger partial charge in [-0.2, -0.15) is 0 Å². The maximum Gasteiger partial charge on any atom is 0.233 e. The Morgan fingerprint density at radius 2 is 1.67 bits per heavy atom. The van der Waals surface area contributed by atoms with Crippen LogP contribution in [0.3, 0.4) is 0 Å². The highest BCUT2D eigenvalue weighted by Crippen LogP contribution is 2.35. The average molecular weight is 326 g/mol. The van der Waals surface area contributed by atoms with Crippen molar-refractivity contribution in [2.45, 2.75) is 32.6 Å². The molecule has 5 heteroatoms. The van der Waals surface area contributed by atoms with E-state index in [1.165, 1.54) is 4.90 Å². The number of imide groups is 1. The molecule has 1 saturated heterocycles. The number of hydrogen-bond donors (Lipinski definition) is 1. The molecule has 0 radical (unpaired) electrons. The number of nitrogens with one attached hydrogen (secondary N) is 1. The first-order chi connectivity index (χ1) is 11.6. The smallest absolute Gasteiger partial charge is 0.233 e. The van der Waals surface area contributed by atoms with Gasteiger partial charge in [-0.1, -0.05) is 29.8 Å². The van der Waals surface area contributed by atoms with E-state index >= 15 is 0 Å². The maximum atomic E-state index is 12.3. The van der Waals surface area contributed by atoms with Crippen molar-refractivity contribution in [3.63, 3.8) is 0 Å². The van der Waals surface area contributed by atoms with Crippen LogP contribution in [-0.4, -0.2) is 29.2 Å². The van der Waals surface area contributed by atoms with Gasteiger partial charge in [-0.15, -0.1) is 0 Å². The van der Waals surface area contributed by atoms with Crippen LogP contribution in [0.5, 0.6) is 0 Å². The Hall–Kier alpha value is -2.43. The van der Waals surface area contributed by atoms with Crippen LogP contribution in [0.2, 0.25) is 0 Å². The Labute approximate surface area is 141 Å². The Morgan fingerprint density at radius 1 is 1.08 bits per heavy atom. The lowest BCUT2D eigenvalue weighted by Gasteiger charge is -2.14. The molecule has 1 aliphatic carbocycles. The monoisotopic (exact) mass is 326 g/mol. The summed E-state index contributed by atoms with van der Waals surface area (Å²) in [6.45, 7) is 2.31. The molecule has 1 aromatic rings. The first-order valence-electron chi connectivity index (χ1n) is 8.43. The van der Waals surface area contributed by atoms with E-state index in [0.717, 1.165) is 11.3 Å². The predicted octanol–water partition coefficient (Wildman–Crippen LogP) is 2.66. The molecule has 1 N–H and O–H groups in total. The third-order valence-electron chi connectivity index (χ3n) is 4.72. The van der Waals surface area contributed by atoms with E-state index in [-0.39, 0.29) is 29.6 Å². The second kappa shape index (κ2) is 6.99. The summed E-state index contributed by atoms with van der Waals surface area (Å²) in [5.41, 5.74) is 1.89. The first kappa shape index (κ1) is 16.4. The zero-order chi connectivity index (χ0) is 17.1. The molecule has 1 fully saturated rings. The van der Waals surface area contributed by atoms with Crippen molar-refractivity contribution in [1.82, 2.24) is 4.90 Å². The zero-order valence-corrected chi connectivity index (χ0v) is 13.8. The van der Waals surface area contributed by atoms with Gasteiger partial charge in [0, 0.05) is 18.7 Å². The third kappa shape index (κ3) is 3.40. The van der Waals surface area contributed by atoms with Crippen LogP contribution in [0.25, 0.3) is 0 Å². The largest absolute Gasteiger partial charge is 0.326 e. The van der Waals surface area contributed by atoms with Crippen LogP contribution in [0.4, 0.5) is 5.69 Å². The lowest BCUT2D eigenvalue weighted by molar-refractivity contribution is -0.140. The number of rotatable bonds is 5. The highest BCUT2D eigenvalue weighted by atomic mass is 16.2. The van der Waals surface area contributed by atoms with Crippen molar-refractivity contribution in [2.75, 3.05) is 11.9 Å². The van der Waals surface area contributed by atoms with E-state index in [9.17, 15) is 14.4 Å². The van der Waals surface area contributed by atoms with Crippen molar-refractivity contribution in [2.24, 2.45) is 11.8 Å². The number of carbonyl (C=O) groups is 3. The molecule has 126 valence electrons. The van der Waals surface area contributed by atoms with Gasteiger partial charge < -0.3 is 5.32 Å². The number of carbonyl (C=O) groups excluding carboxylic acids is 3. The summed E-state index contributed by atoms with van der Waals surface area (Å²) in [6, 6.07) is 7.59. The number of fused-ring (bicyclic) bond motifs is 1. The minimum atomic E-state index is -0.191. The second-order valence-electron chi connectivity index (χ2n) is 6.50. The molecule has 0 aromatic heterocycles. The van der Waals surface area contributed by atoms with E-state index < -0.39 is 0 Å². The molecule has 0 bridgehead atoms. The Morgan fingerprint density at radius 3 is 2.25 bits per heavy atom. The number of amides is 3. The minimum absolute atomic E-state index is 0.0757. The van der Waals surface area contributed by atoms with Gasteiger partial charge >= 0.3 is 0 Å². The number of allylic oxidation sites excluding steroid dienone is 2. The number of hydrogen-bond acceptors (Lipinski definition) is 3. The zero-order valence-electron chi connectivity index (χ0n) is 13.8. The first-order valence-corrected chi connectivity index (χ1v) is 8.43. The molecule has 1 heterocycles. The van der Waals surface area contributed by atoms with Crippen LogP contribution in [0.15, 0.2) is 36.4 Å². The van der Waals surface area contributed by atoms with E-state index in [1.807, 2.05) is 43.3 Å². The van der Waals surface area contributed by atoms with Crippen LogP contribution < -0.4 is 5.32 Å². The summed E-state index contributed by atoms with van der Waals surface area (Å²) in [6.07, 6.45) is 6.04. The normalized spacial score (nSPS) is 22.6.